The Morgan fingerprint density at radius 2 is 1.68 bits per heavy atom. The average molecular weight is 338 g/mol. The molecule has 1 aliphatic heterocycles. The van der Waals surface area contributed by atoms with Crippen molar-refractivity contribution in [2.24, 2.45) is 23.7 Å². The highest BCUT2D eigenvalue weighted by Gasteiger charge is 2.60. The highest BCUT2D eigenvalue weighted by molar-refractivity contribution is 6.10. The van der Waals surface area contributed by atoms with E-state index in [0.717, 1.165) is 12.0 Å². The third-order valence-electron chi connectivity index (χ3n) is 5.82. The van der Waals surface area contributed by atoms with Crippen LogP contribution in [0.3, 0.4) is 0 Å². The first-order valence-corrected chi connectivity index (χ1v) is 8.94. The van der Waals surface area contributed by atoms with Crippen LogP contribution in [-0.4, -0.2) is 28.7 Å². The smallest absolute Gasteiger partial charge is 0.247 e. The van der Waals surface area contributed by atoms with Gasteiger partial charge < -0.3 is 5.32 Å². The summed E-state index contributed by atoms with van der Waals surface area (Å²) in [5.41, 5.74) is 1.78. The lowest BCUT2D eigenvalue weighted by Crippen LogP contribution is -2.48. The van der Waals surface area contributed by atoms with Crippen molar-refractivity contribution in [3.8, 4) is 0 Å². The molecular formula is C20H22N2O3. The normalized spacial score (nSPS) is 30.7. The van der Waals surface area contributed by atoms with Gasteiger partial charge in [-0.05, 0) is 43.7 Å². The topological polar surface area (TPSA) is 66.5 Å². The molecule has 2 bridgehead atoms. The molecule has 1 aromatic carbocycles. The Morgan fingerprint density at radius 3 is 2.20 bits per heavy atom. The van der Waals surface area contributed by atoms with Gasteiger partial charge in [0.05, 0.1) is 11.8 Å². The largest absolute Gasteiger partial charge is 0.324 e. The van der Waals surface area contributed by atoms with E-state index in [0.29, 0.717) is 12.1 Å². The lowest BCUT2D eigenvalue weighted by atomic mass is 9.85. The van der Waals surface area contributed by atoms with E-state index < -0.39 is 6.04 Å². The van der Waals surface area contributed by atoms with Crippen LogP contribution in [0.25, 0.3) is 0 Å². The van der Waals surface area contributed by atoms with E-state index in [1.54, 1.807) is 0 Å². The van der Waals surface area contributed by atoms with E-state index in [-0.39, 0.29) is 41.4 Å². The molecule has 0 radical (unpaired) electrons. The molecule has 4 rings (SSSR count). The zero-order chi connectivity index (χ0) is 17.7. The molecular weight excluding hydrogens is 316 g/mol. The second-order valence-corrected chi connectivity index (χ2v) is 7.33. The average Bonchev–Trinajstić information content (AvgIpc) is 3.27. The Balaban J connectivity index is 1.55. The predicted octanol–water partition coefficient (Wildman–Crippen LogP) is 2.52. The van der Waals surface area contributed by atoms with Gasteiger partial charge in [-0.1, -0.05) is 36.8 Å². The molecule has 1 saturated heterocycles. The number of fused-ring (bicyclic) bond motifs is 5. The van der Waals surface area contributed by atoms with Crippen LogP contribution in [-0.2, 0) is 14.4 Å². The van der Waals surface area contributed by atoms with Crippen LogP contribution in [0, 0.1) is 30.6 Å². The number of likely N-dealkylation sites (tertiary alicyclic amines) is 1. The number of allylic oxidation sites excluding steroid dienone is 2. The Morgan fingerprint density at radius 1 is 1.12 bits per heavy atom. The number of hydrogen-bond acceptors (Lipinski definition) is 3. The summed E-state index contributed by atoms with van der Waals surface area (Å²) in [7, 11) is 0. The maximum Gasteiger partial charge on any atom is 0.247 e. The van der Waals surface area contributed by atoms with Crippen LogP contribution in [0.1, 0.15) is 25.3 Å². The van der Waals surface area contributed by atoms with E-state index in [2.05, 4.69) is 17.5 Å². The van der Waals surface area contributed by atoms with Gasteiger partial charge in [0.15, 0.2) is 0 Å². The van der Waals surface area contributed by atoms with Gasteiger partial charge in [0.25, 0.3) is 0 Å². The second-order valence-electron chi connectivity index (χ2n) is 7.33. The maximum atomic E-state index is 12.9. The van der Waals surface area contributed by atoms with Crippen molar-refractivity contribution in [3.05, 3.63) is 42.0 Å². The van der Waals surface area contributed by atoms with Crippen molar-refractivity contribution in [1.82, 2.24) is 4.90 Å². The van der Waals surface area contributed by atoms with Crippen molar-refractivity contribution in [1.29, 1.82) is 0 Å². The Kier molecular flexibility index (Phi) is 3.74. The molecule has 5 nitrogen and oxygen atoms in total. The number of imide groups is 1. The van der Waals surface area contributed by atoms with Crippen LogP contribution in [0.4, 0.5) is 5.69 Å². The Bertz CT molecular complexity index is 738. The third-order valence-corrected chi connectivity index (χ3v) is 5.82. The third kappa shape index (κ3) is 2.41. The molecule has 5 heteroatoms. The first-order chi connectivity index (χ1) is 12.0. The lowest BCUT2D eigenvalue weighted by molar-refractivity contribution is -0.147. The zero-order valence-corrected chi connectivity index (χ0v) is 14.4. The minimum absolute atomic E-state index is 0.161. The molecule has 0 aromatic heterocycles. The van der Waals surface area contributed by atoms with Crippen LogP contribution in [0.15, 0.2) is 36.4 Å². The predicted molar refractivity (Wildman–Crippen MR) is 93.5 cm³/mol. The number of benzene rings is 1. The molecule has 130 valence electrons. The molecule has 0 spiro atoms. The highest BCUT2D eigenvalue weighted by atomic mass is 16.2. The SMILES string of the molecule is CCC(C(=O)Nc1ccc(C)cc1)N1C(=O)C2C3C=CC(C3)C2C1=O. The van der Waals surface area contributed by atoms with Gasteiger partial charge in [0.1, 0.15) is 6.04 Å². The maximum absolute atomic E-state index is 12.9. The molecule has 5 unspecified atom stereocenters. The van der Waals surface area contributed by atoms with Crippen molar-refractivity contribution in [2.75, 3.05) is 5.32 Å². The van der Waals surface area contributed by atoms with Crippen molar-refractivity contribution >= 4 is 23.4 Å². The molecule has 2 fully saturated rings. The van der Waals surface area contributed by atoms with Gasteiger partial charge in [-0.15, -0.1) is 0 Å². The number of nitrogens with zero attached hydrogens (tertiary/aromatic N) is 1. The summed E-state index contributed by atoms with van der Waals surface area (Å²) >= 11 is 0. The summed E-state index contributed by atoms with van der Waals surface area (Å²) in [6.45, 7) is 3.81. The number of carbonyl (C=O) groups is 3. The number of nitrogens with one attached hydrogen (secondary N) is 1. The standard InChI is InChI=1S/C20H22N2O3/c1-3-15(18(23)21-14-8-4-11(2)5-9-14)22-19(24)16-12-6-7-13(10-12)17(16)20(22)25/h4-9,12-13,15-17H,3,10H2,1-2H3,(H,21,23). The van der Waals surface area contributed by atoms with E-state index in [1.807, 2.05) is 38.1 Å². The summed E-state index contributed by atoms with van der Waals surface area (Å²) < 4.78 is 0. The molecule has 1 N–H and O–H groups in total. The molecule has 1 heterocycles. The highest BCUT2D eigenvalue weighted by Crippen LogP contribution is 2.52. The van der Waals surface area contributed by atoms with Crippen molar-refractivity contribution in [2.45, 2.75) is 32.7 Å². The number of anilines is 1. The summed E-state index contributed by atoms with van der Waals surface area (Å²) in [4.78, 5) is 39.7. The number of amides is 3. The summed E-state index contributed by atoms with van der Waals surface area (Å²) in [5.74, 6) is -0.834. The molecule has 3 aliphatic rings. The second kappa shape index (κ2) is 5.83. The van der Waals surface area contributed by atoms with E-state index in [4.69, 9.17) is 0 Å². The van der Waals surface area contributed by atoms with Crippen molar-refractivity contribution in [3.63, 3.8) is 0 Å². The van der Waals surface area contributed by atoms with Crippen LogP contribution < -0.4 is 5.32 Å². The van der Waals surface area contributed by atoms with E-state index in [9.17, 15) is 14.4 Å². The monoisotopic (exact) mass is 338 g/mol. The van der Waals surface area contributed by atoms with Gasteiger partial charge in [0, 0.05) is 5.69 Å². The van der Waals surface area contributed by atoms with E-state index in [1.165, 1.54) is 4.90 Å². The summed E-state index contributed by atoms with van der Waals surface area (Å²) in [5, 5.41) is 2.84. The van der Waals surface area contributed by atoms with Gasteiger partial charge in [-0.3, -0.25) is 19.3 Å². The number of aryl methyl sites for hydroxylation is 1. The number of hydrogen-bond donors (Lipinski definition) is 1. The van der Waals surface area contributed by atoms with E-state index >= 15 is 0 Å². The Labute approximate surface area is 147 Å². The molecule has 25 heavy (non-hydrogen) atoms. The summed E-state index contributed by atoms with van der Waals surface area (Å²) in [6, 6.07) is 6.73. The zero-order valence-electron chi connectivity index (χ0n) is 14.4. The minimum atomic E-state index is -0.744. The fraction of sp³-hybridized carbons (Fsp3) is 0.450. The number of rotatable bonds is 4. The molecule has 1 saturated carbocycles. The Hall–Kier alpha value is -2.43. The van der Waals surface area contributed by atoms with Crippen LogP contribution in [0.2, 0.25) is 0 Å². The van der Waals surface area contributed by atoms with Crippen LogP contribution >= 0.6 is 0 Å². The van der Waals surface area contributed by atoms with Crippen molar-refractivity contribution < 1.29 is 14.4 Å². The summed E-state index contributed by atoms with van der Waals surface area (Å²) in [6.07, 6.45) is 5.44. The van der Waals surface area contributed by atoms with Crippen LogP contribution in [0.5, 0.6) is 0 Å². The lowest BCUT2D eigenvalue weighted by Gasteiger charge is -2.26. The van der Waals surface area contributed by atoms with Gasteiger partial charge in [0.2, 0.25) is 17.7 Å². The molecule has 5 atom stereocenters. The van der Waals surface area contributed by atoms with Gasteiger partial charge in [-0.25, -0.2) is 0 Å². The molecule has 3 amide bonds. The number of carbonyl (C=O) groups excluding carboxylic acids is 3. The van der Waals surface area contributed by atoms with Gasteiger partial charge >= 0.3 is 0 Å². The molecule has 1 aromatic rings. The first kappa shape index (κ1) is 16.1. The fourth-order valence-electron chi connectivity index (χ4n) is 4.58. The fourth-order valence-corrected chi connectivity index (χ4v) is 4.58. The quantitative estimate of drug-likeness (QED) is 0.678. The first-order valence-electron chi connectivity index (χ1n) is 8.94. The minimum Gasteiger partial charge on any atom is -0.324 e. The van der Waals surface area contributed by atoms with Gasteiger partial charge in [-0.2, -0.15) is 0 Å². The molecule has 2 aliphatic carbocycles.